The first kappa shape index (κ1) is 9.72. The maximum atomic E-state index is 10.1. The Balaban J connectivity index is 4.47. The highest BCUT2D eigenvalue weighted by Crippen LogP contribution is 1.96. The van der Waals surface area contributed by atoms with Gasteiger partial charge in [0, 0.05) is 4.21 Å². The summed E-state index contributed by atoms with van der Waals surface area (Å²) in [4.78, 5) is 10.1. The minimum atomic E-state index is -2.76. The molecule has 0 radical (unpaired) electrons. The van der Waals surface area contributed by atoms with E-state index < -0.39 is 28.7 Å². The fourth-order valence-corrected chi connectivity index (χ4v) is 0.515. The molecule has 8 heteroatoms. The number of nitrogens with one attached hydrogen (secondary N) is 2. The van der Waals surface area contributed by atoms with E-state index in [0.29, 0.717) is 0 Å². The monoisotopic (exact) mass is 180 g/mol. The second-order valence-corrected chi connectivity index (χ2v) is 2.33. The van der Waals surface area contributed by atoms with Gasteiger partial charge in [-0.2, -0.15) is 0 Å². The molecule has 0 saturated carbocycles. The van der Waals surface area contributed by atoms with Crippen LogP contribution < -0.4 is 11.1 Å². The summed E-state index contributed by atoms with van der Waals surface area (Å²) in [5, 5.41) is 22.3. The molecule has 0 bridgehead atoms. The third-order valence-electron chi connectivity index (χ3n) is 0.715. The maximum Gasteiger partial charge on any atom is 0.536 e. The first-order valence-corrected chi connectivity index (χ1v) is 3.05. The van der Waals surface area contributed by atoms with Crippen LogP contribution in [0, 0.1) is 5.41 Å². The van der Waals surface area contributed by atoms with Crippen LogP contribution in [-0.4, -0.2) is 27.2 Å². The van der Waals surface area contributed by atoms with Crippen molar-refractivity contribution in [1.82, 2.24) is 5.32 Å². The van der Waals surface area contributed by atoms with E-state index in [2.05, 4.69) is 5.73 Å². The lowest BCUT2D eigenvalue weighted by Crippen LogP contribution is -2.55. The molecule has 0 saturated heterocycles. The Morgan fingerprint density at radius 1 is 1.73 bits per heavy atom. The van der Waals surface area contributed by atoms with Crippen molar-refractivity contribution >= 4 is 23.6 Å². The molecule has 1 unspecified atom stereocenters. The number of carbonyl (C=O) groups is 1. The second kappa shape index (κ2) is 3.21. The van der Waals surface area contributed by atoms with Crippen molar-refractivity contribution < 1.29 is 19.2 Å². The van der Waals surface area contributed by atoms with E-state index in [1.165, 1.54) is 0 Å². The van der Waals surface area contributed by atoms with Crippen LogP contribution in [0.25, 0.3) is 0 Å². The number of aliphatic carboxylic acids is 1. The Hall–Kier alpha value is -1.28. The predicted octanol–water partition coefficient (Wildman–Crippen LogP) is -2.37. The van der Waals surface area contributed by atoms with Gasteiger partial charge in [-0.1, -0.05) is 0 Å². The lowest BCUT2D eigenvalue weighted by atomic mass is 10.5. The molecule has 7 nitrogen and oxygen atoms in total. The van der Waals surface area contributed by atoms with Gasteiger partial charge in [0.25, 0.3) is 0 Å². The smallest absolute Gasteiger partial charge is 0.473 e. The topological polar surface area (TPSA) is 136 Å². The highest BCUT2D eigenvalue weighted by atomic mass is 32.1. The van der Waals surface area contributed by atoms with Crippen molar-refractivity contribution in [2.45, 2.75) is 5.06 Å². The van der Waals surface area contributed by atoms with Crippen molar-refractivity contribution in [3.05, 3.63) is 0 Å². The van der Waals surface area contributed by atoms with Crippen molar-refractivity contribution in [1.29, 1.82) is 5.41 Å². The third-order valence-corrected chi connectivity index (χ3v) is 1.23. The quantitative estimate of drug-likeness (QED) is 0.142. The van der Waals surface area contributed by atoms with Crippen LogP contribution in [0.1, 0.15) is 0 Å². The van der Waals surface area contributed by atoms with Crippen LogP contribution >= 0.6 is 0 Å². The summed E-state index contributed by atoms with van der Waals surface area (Å²) in [5.41, 5.74) is 4.69. The zero-order valence-electron chi connectivity index (χ0n) is 5.20. The summed E-state index contributed by atoms with van der Waals surface area (Å²) >= 11 is -0.617. The number of aliphatic hydroxyl groups is 1. The van der Waals surface area contributed by atoms with Gasteiger partial charge in [-0.3, -0.25) is 10.7 Å². The largest absolute Gasteiger partial charge is 0.536 e. The normalized spacial score (nSPS) is 14.6. The molecule has 11 heavy (non-hydrogen) atoms. The van der Waals surface area contributed by atoms with Gasteiger partial charge in [0.05, 0.1) is 0 Å². The molecule has 6 N–H and O–H groups in total. The molecule has 0 aromatic heterocycles. The van der Waals surface area contributed by atoms with Crippen LogP contribution in [-0.2, 0) is 20.7 Å². The number of guanidine groups is 1. The molecule has 0 rings (SSSR count). The summed E-state index contributed by atoms with van der Waals surface area (Å²) < 4.78 is 10.00. The summed E-state index contributed by atoms with van der Waals surface area (Å²) in [5.74, 6) is -2.59. The van der Waals surface area contributed by atoms with Crippen molar-refractivity contribution in [2.75, 3.05) is 0 Å². The lowest BCUT2D eigenvalue weighted by molar-refractivity contribution is -0.150. The Morgan fingerprint density at radius 2 is 2.18 bits per heavy atom. The fourth-order valence-electron chi connectivity index (χ4n) is 0.292. The minimum absolute atomic E-state index is 0.617. The van der Waals surface area contributed by atoms with Crippen LogP contribution in [0.15, 0.2) is 0 Å². The summed E-state index contributed by atoms with van der Waals surface area (Å²) in [6.07, 6.45) is 0. The van der Waals surface area contributed by atoms with Gasteiger partial charge >= 0.3 is 22.7 Å². The highest BCUT2D eigenvalue weighted by Gasteiger charge is 2.53. The molecule has 0 spiro atoms. The van der Waals surface area contributed by atoms with E-state index in [1.807, 2.05) is 0 Å². The van der Waals surface area contributed by atoms with Crippen LogP contribution in [0.4, 0.5) is 0 Å². The van der Waals surface area contributed by atoms with E-state index in [-0.39, 0.29) is 0 Å². The molecule has 62 valence electrons. The highest BCUT2D eigenvalue weighted by molar-refractivity contribution is 7.68. The summed E-state index contributed by atoms with van der Waals surface area (Å²) in [6.45, 7) is 0. The van der Waals surface area contributed by atoms with E-state index in [9.17, 15) is 9.00 Å². The number of carboxylic acid groups (broad SMARTS) is 1. The van der Waals surface area contributed by atoms with Crippen LogP contribution in [0.2, 0.25) is 0 Å². The number of rotatable bonds is 3. The minimum Gasteiger partial charge on any atom is -0.473 e. The lowest BCUT2D eigenvalue weighted by Gasteiger charge is -2.05. The first-order chi connectivity index (χ1) is 4.92. The van der Waals surface area contributed by atoms with E-state index >= 15 is 0 Å². The molecular weight excluding hydrogens is 174 g/mol. The maximum absolute atomic E-state index is 10.1. The molecule has 0 fully saturated rings. The van der Waals surface area contributed by atoms with E-state index in [0.717, 1.165) is 0 Å². The number of hydrogen-bond acceptors (Lipinski definition) is 4. The second-order valence-electron chi connectivity index (χ2n) is 1.57. The fraction of sp³-hybridized carbons (Fsp3) is 0.333. The van der Waals surface area contributed by atoms with Gasteiger partial charge in [-0.25, -0.2) is 4.79 Å². The molecule has 0 aromatic rings. The average molecular weight is 180 g/mol. The molecule has 0 amide bonds. The van der Waals surface area contributed by atoms with Gasteiger partial charge in [0.2, 0.25) is 0 Å². The molecule has 0 aliphatic carbocycles. The van der Waals surface area contributed by atoms with Gasteiger partial charge in [-0.15, -0.1) is 0 Å². The Bertz CT molecular complexity index is 207. The summed E-state index contributed by atoms with van der Waals surface area (Å²) in [6, 6.07) is 0. The molecule has 1 atom stereocenters. The Labute approximate surface area is 65.2 Å². The molecule has 0 aliphatic heterocycles. The van der Waals surface area contributed by atoms with Gasteiger partial charge < -0.3 is 15.9 Å². The summed E-state index contributed by atoms with van der Waals surface area (Å²) in [7, 11) is 0. The number of nitrogens with two attached hydrogens (primary N) is 1. The predicted molar refractivity (Wildman–Crippen MR) is 35.7 cm³/mol. The van der Waals surface area contributed by atoms with Crippen LogP contribution in [0.3, 0.4) is 0 Å². The van der Waals surface area contributed by atoms with E-state index in [1.54, 1.807) is 5.32 Å². The average Bonchev–Trinajstić information content (AvgIpc) is 1.86. The van der Waals surface area contributed by atoms with E-state index in [4.69, 9.17) is 15.6 Å². The first-order valence-electron chi connectivity index (χ1n) is 2.31. The van der Waals surface area contributed by atoms with Gasteiger partial charge in [-0.05, 0) is 0 Å². The van der Waals surface area contributed by atoms with Crippen molar-refractivity contribution in [3.8, 4) is 0 Å². The molecule has 0 aromatic carbocycles. The molecule has 0 aliphatic rings. The number of carboxylic acids is 1. The third kappa shape index (κ3) is 2.43. The zero-order valence-corrected chi connectivity index (χ0v) is 6.01. The van der Waals surface area contributed by atoms with Crippen LogP contribution in [0.5, 0.6) is 0 Å². The van der Waals surface area contributed by atoms with Gasteiger partial charge in [0.15, 0.2) is 5.96 Å². The zero-order chi connectivity index (χ0) is 9.07. The number of hydrogen-bond donors (Lipinski definition) is 5. The van der Waals surface area contributed by atoms with Crippen molar-refractivity contribution in [2.24, 2.45) is 5.73 Å². The Morgan fingerprint density at radius 3 is 2.27 bits per heavy atom. The SMILES string of the molecule is N=C(N)NC(O)([S+]=O)C(=O)O. The molecule has 0 heterocycles. The van der Waals surface area contributed by atoms with Crippen molar-refractivity contribution in [3.63, 3.8) is 0 Å². The standard InChI is InChI=1S/C3H5N3O4S/c4-2(5)6-3(9,11-10)1(7)8/h9H,(H4-,4,5,6,7,8)/p+1. The molecular formula is C3H6N3O4S+. The van der Waals surface area contributed by atoms with Gasteiger partial charge in [0.1, 0.15) is 0 Å². The Kier molecular flexibility index (Phi) is 2.84.